The van der Waals surface area contributed by atoms with Crippen LogP contribution in [0.15, 0.2) is 41.4 Å². The fourth-order valence-electron chi connectivity index (χ4n) is 2.67. The number of sulfonamides is 1. The molecule has 2 N–H and O–H groups in total. The molecule has 1 aromatic carbocycles. The van der Waals surface area contributed by atoms with Crippen LogP contribution in [0.2, 0.25) is 5.02 Å². The van der Waals surface area contributed by atoms with Crippen LogP contribution >= 0.6 is 11.6 Å². The number of rotatable bonds is 9. The van der Waals surface area contributed by atoms with Gasteiger partial charge in [-0.05, 0) is 30.3 Å². The number of nitrogens with zero attached hydrogens (tertiary/aromatic N) is 2. The van der Waals surface area contributed by atoms with Crippen molar-refractivity contribution in [3.8, 4) is 0 Å². The first-order valence-electron chi connectivity index (χ1n) is 9.35. The van der Waals surface area contributed by atoms with Gasteiger partial charge in [0.2, 0.25) is 10.0 Å². The zero-order chi connectivity index (χ0) is 23.2. The number of benzene rings is 1. The van der Waals surface area contributed by atoms with E-state index in [2.05, 4.69) is 15.6 Å². The van der Waals surface area contributed by atoms with Crippen LogP contribution in [0, 0.1) is 0 Å². The number of pyridine rings is 1. The van der Waals surface area contributed by atoms with E-state index in [1.807, 2.05) is 0 Å². The van der Waals surface area contributed by atoms with Gasteiger partial charge in [0.05, 0.1) is 15.5 Å². The van der Waals surface area contributed by atoms with Crippen molar-refractivity contribution in [2.45, 2.75) is 24.9 Å². The summed E-state index contributed by atoms with van der Waals surface area (Å²) in [6.07, 6.45) is -3.87. The summed E-state index contributed by atoms with van der Waals surface area (Å²) >= 11 is 5.80. The van der Waals surface area contributed by atoms with Crippen LogP contribution in [0.3, 0.4) is 0 Å². The topological polar surface area (TPSA) is 91.4 Å². The molecule has 12 heteroatoms. The summed E-state index contributed by atoms with van der Waals surface area (Å²) in [6.45, 7) is 4.46. The number of hydrogen-bond acceptors (Lipinski definition) is 5. The maximum atomic E-state index is 12.6. The molecule has 1 aromatic heterocycles. The summed E-state index contributed by atoms with van der Waals surface area (Å²) < 4.78 is 64.1. The highest BCUT2D eigenvalue weighted by atomic mass is 35.5. The predicted molar refractivity (Wildman–Crippen MR) is 112 cm³/mol. The fraction of sp³-hybridized carbons (Fsp3) is 0.368. The molecule has 2 aromatic rings. The Balaban J connectivity index is 1.91. The molecule has 170 valence electrons. The molecule has 0 fully saturated rings. The van der Waals surface area contributed by atoms with Crippen molar-refractivity contribution in [2.75, 3.05) is 31.5 Å². The Labute approximate surface area is 183 Å². The number of amides is 1. The number of anilines is 1. The van der Waals surface area contributed by atoms with Gasteiger partial charge in [-0.1, -0.05) is 25.4 Å². The average molecular weight is 479 g/mol. The fourth-order valence-corrected chi connectivity index (χ4v) is 4.36. The molecule has 0 saturated heterocycles. The van der Waals surface area contributed by atoms with Crippen molar-refractivity contribution < 1.29 is 26.4 Å². The third-order valence-corrected chi connectivity index (χ3v) is 6.68. The third-order valence-electron chi connectivity index (χ3n) is 4.33. The van der Waals surface area contributed by atoms with Crippen LogP contribution < -0.4 is 10.6 Å². The molecule has 0 aliphatic carbocycles. The molecule has 0 bridgehead atoms. The smallest absolute Gasteiger partial charge is 0.367 e. The van der Waals surface area contributed by atoms with Gasteiger partial charge in [-0.2, -0.15) is 17.5 Å². The molecule has 0 spiro atoms. The Kier molecular flexibility index (Phi) is 8.27. The van der Waals surface area contributed by atoms with Crippen LogP contribution in [0.25, 0.3) is 0 Å². The Morgan fingerprint density at radius 2 is 1.74 bits per heavy atom. The average Bonchev–Trinajstić information content (AvgIpc) is 2.72. The molecule has 0 aliphatic rings. The minimum Gasteiger partial charge on any atom is -0.367 e. The summed E-state index contributed by atoms with van der Waals surface area (Å²) in [5, 5.41) is 5.17. The lowest BCUT2D eigenvalue weighted by molar-refractivity contribution is -0.137. The first-order valence-corrected chi connectivity index (χ1v) is 11.2. The molecule has 0 atom stereocenters. The van der Waals surface area contributed by atoms with Crippen molar-refractivity contribution in [3.63, 3.8) is 0 Å². The second kappa shape index (κ2) is 10.3. The monoisotopic (exact) mass is 478 g/mol. The Morgan fingerprint density at radius 1 is 1.13 bits per heavy atom. The largest absolute Gasteiger partial charge is 0.417 e. The predicted octanol–water partition coefficient (Wildman–Crippen LogP) is 3.63. The SMILES string of the molecule is CCN(CC)S(=O)(=O)c1ccc(C(=O)NCCNc2ncc(C(F)(F)F)cc2Cl)cc1. The number of aromatic nitrogens is 1. The molecule has 0 unspecified atom stereocenters. The van der Waals surface area contributed by atoms with Gasteiger partial charge in [-0.25, -0.2) is 13.4 Å². The van der Waals surface area contributed by atoms with E-state index in [1.165, 1.54) is 28.6 Å². The van der Waals surface area contributed by atoms with E-state index < -0.39 is 27.7 Å². The van der Waals surface area contributed by atoms with E-state index in [-0.39, 0.29) is 34.4 Å². The highest BCUT2D eigenvalue weighted by molar-refractivity contribution is 7.89. The van der Waals surface area contributed by atoms with E-state index in [0.717, 1.165) is 6.07 Å². The van der Waals surface area contributed by atoms with Crippen molar-refractivity contribution in [1.82, 2.24) is 14.6 Å². The number of carbonyl (C=O) groups is 1. The number of halogens is 4. The van der Waals surface area contributed by atoms with Crippen molar-refractivity contribution in [2.24, 2.45) is 0 Å². The van der Waals surface area contributed by atoms with Crippen molar-refractivity contribution >= 4 is 33.3 Å². The summed E-state index contributed by atoms with van der Waals surface area (Å²) in [4.78, 5) is 16.0. The van der Waals surface area contributed by atoms with Crippen LogP contribution in [0.5, 0.6) is 0 Å². The zero-order valence-corrected chi connectivity index (χ0v) is 18.4. The highest BCUT2D eigenvalue weighted by Gasteiger charge is 2.31. The number of hydrogen-bond donors (Lipinski definition) is 2. The Hall–Kier alpha value is -2.37. The molecule has 2 rings (SSSR count). The van der Waals surface area contributed by atoms with E-state index >= 15 is 0 Å². The standard InChI is InChI=1S/C19H22ClF3N4O3S/c1-3-27(4-2)31(29,30)15-7-5-13(6-8-15)18(28)25-10-9-24-17-16(20)11-14(12-26-17)19(21,22)23/h5-8,11-12H,3-4,9-10H2,1-2H3,(H,24,26)(H,25,28). The molecular weight excluding hydrogens is 457 g/mol. The Morgan fingerprint density at radius 3 is 2.26 bits per heavy atom. The molecular formula is C19H22ClF3N4O3S. The van der Waals surface area contributed by atoms with E-state index in [4.69, 9.17) is 11.6 Å². The van der Waals surface area contributed by atoms with Crippen LogP contribution in [0.4, 0.5) is 19.0 Å². The number of nitrogens with one attached hydrogen (secondary N) is 2. The van der Waals surface area contributed by atoms with E-state index in [1.54, 1.807) is 13.8 Å². The van der Waals surface area contributed by atoms with E-state index in [0.29, 0.717) is 19.3 Å². The van der Waals surface area contributed by atoms with Gasteiger partial charge in [0.25, 0.3) is 5.91 Å². The zero-order valence-electron chi connectivity index (χ0n) is 16.8. The van der Waals surface area contributed by atoms with Crippen molar-refractivity contribution in [3.05, 3.63) is 52.7 Å². The summed E-state index contributed by atoms with van der Waals surface area (Å²) in [5.74, 6) is -0.366. The van der Waals surface area contributed by atoms with Crippen LogP contribution in [0.1, 0.15) is 29.8 Å². The summed E-state index contributed by atoms with van der Waals surface area (Å²) in [6, 6.07) is 6.32. The molecule has 31 heavy (non-hydrogen) atoms. The minimum absolute atomic E-state index is 0.0647. The lowest BCUT2D eigenvalue weighted by Crippen LogP contribution is -2.31. The molecule has 0 saturated carbocycles. The lowest BCUT2D eigenvalue weighted by Gasteiger charge is -2.18. The Bertz CT molecular complexity index is 1010. The molecule has 0 radical (unpaired) electrons. The quantitative estimate of drug-likeness (QED) is 0.537. The highest BCUT2D eigenvalue weighted by Crippen LogP contribution is 2.32. The first-order chi connectivity index (χ1) is 14.5. The van der Waals surface area contributed by atoms with Gasteiger partial charge < -0.3 is 10.6 Å². The number of alkyl halides is 3. The van der Waals surface area contributed by atoms with Crippen LogP contribution in [-0.2, 0) is 16.2 Å². The van der Waals surface area contributed by atoms with Crippen LogP contribution in [-0.4, -0.2) is 49.8 Å². The van der Waals surface area contributed by atoms with Gasteiger partial charge in [-0.15, -0.1) is 0 Å². The van der Waals surface area contributed by atoms with Gasteiger partial charge in [0.1, 0.15) is 5.82 Å². The van der Waals surface area contributed by atoms with Gasteiger partial charge in [0, 0.05) is 37.9 Å². The second-order valence-electron chi connectivity index (χ2n) is 6.35. The van der Waals surface area contributed by atoms with E-state index in [9.17, 15) is 26.4 Å². The molecule has 7 nitrogen and oxygen atoms in total. The third kappa shape index (κ3) is 6.31. The molecule has 1 heterocycles. The molecule has 0 aliphatic heterocycles. The lowest BCUT2D eigenvalue weighted by atomic mass is 10.2. The van der Waals surface area contributed by atoms with Gasteiger partial charge >= 0.3 is 6.18 Å². The molecule has 1 amide bonds. The summed E-state index contributed by atoms with van der Waals surface area (Å²) in [7, 11) is -3.61. The normalized spacial score (nSPS) is 12.1. The second-order valence-corrected chi connectivity index (χ2v) is 8.69. The minimum atomic E-state index is -4.54. The number of carbonyl (C=O) groups excluding carboxylic acids is 1. The van der Waals surface area contributed by atoms with Crippen molar-refractivity contribution in [1.29, 1.82) is 0 Å². The van der Waals surface area contributed by atoms with Gasteiger partial charge in [0.15, 0.2) is 0 Å². The van der Waals surface area contributed by atoms with Gasteiger partial charge in [-0.3, -0.25) is 4.79 Å². The summed E-state index contributed by atoms with van der Waals surface area (Å²) in [5.41, 5.74) is -0.688. The maximum absolute atomic E-state index is 12.6. The first kappa shape index (κ1) is 24.9. The maximum Gasteiger partial charge on any atom is 0.417 e.